The lowest BCUT2D eigenvalue weighted by Crippen LogP contribution is -2.30. The molecule has 92 valence electrons. The summed E-state index contributed by atoms with van der Waals surface area (Å²) < 4.78 is 5.72. The van der Waals surface area contributed by atoms with E-state index in [0.29, 0.717) is 6.04 Å². The van der Waals surface area contributed by atoms with Gasteiger partial charge >= 0.3 is 0 Å². The number of aryl methyl sites for hydroxylation is 1. The minimum atomic E-state index is 0.357. The van der Waals surface area contributed by atoms with E-state index < -0.39 is 0 Å². The second-order valence-corrected chi connectivity index (χ2v) is 4.46. The van der Waals surface area contributed by atoms with E-state index in [1.54, 1.807) is 0 Å². The Kier molecular flexibility index (Phi) is 4.63. The van der Waals surface area contributed by atoms with E-state index in [-0.39, 0.29) is 0 Å². The Labute approximate surface area is 104 Å². The molecule has 1 atom stereocenters. The zero-order chi connectivity index (χ0) is 11.9. The fourth-order valence-corrected chi connectivity index (χ4v) is 2.20. The molecule has 2 rings (SSSR count). The van der Waals surface area contributed by atoms with Gasteiger partial charge in [0.25, 0.3) is 0 Å². The largest absolute Gasteiger partial charge is 0.497 e. The van der Waals surface area contributed by atoms with Crippen LogP contribution in [0.3, 0.4) is 0 Å². The first kappa shape index (κ1) is 12.2. The Morgan fingerprint density at radius 3 is 2.76 bits per heavy atom. The van der Waals surface area contributed by atoms with Gasteiger partial charge in [0.15, 0.2) is 0 Å². The molecule has 0 aromatic heterocycles. The Bertz CT molecular complexity index is 358. The summed E-state index contributed by atoms with van der Waals surface area (Å²) >= 11 is 0. The molecule has 1 aliphatic rings. The van der Waals surface area contributed by atoms with Crippen LogP contribution in [-0.2, 0) is 11.2 Å². The van der Waals surface area contributed by atoms with E-state index in [1.165, 1.54) is 5.56 Å². The molecule has 1 aromatic carbocycles. The summed E-state index contributed by atoms with van der Waals surface area (Å²) in [5.41, 5.74) is 1.39. The third-order valence-electron chi connectivity index (χ3n) is 3.22. The predicted molar refractivity (Wildman–Crippen MR) is 70.9 cm³/mol. The number of nitrogens with one attached hydrogen (secondary N) is 1. The van der Waals surface area contributed by atoms with Gasteiger partial charge in [-0.15, -0.1) is 0 Å². The predicted octanol–water partition coefficient (Wildman–Crippen LogP) is 2.90. The monoisotopic (exact) mass is 231 g/mol. The summed E-state index contributed by atoms with van der Waals surface area (Å²) in [5, 5.41) is 3.35. The van der Waals surface area contributed by atoms with Gasteiger partial charge < -0.3 is 10.1 Å². The van der Waals surface area contributed by atoms with Crippen LogP contribution in [0, 0.1) is 0 Å². The molecule has 1 heterocycles. The van der Waals surface area contributed by atoms with Gasteiger partial charge in [0, 0.05) is 0 Å². The summed E-state index contributed by atoms with van der Waals surface area (Å²) in [6, 6.07) is 11.0. The normalized spacial score (nSPS) is 17.1. The van der Waals surface area contributed by atoms with Crippen LogP contribution in [0.2, 0.25) is 0 Å². The molecule has 1 aliphatic heterocycles. The number of likely N-dealkylation sites (N-methyl/N-ethyl adjacent to an activating group) is 1. The van der Waals surface area contributed by atoms with Crippen molar-refractivity contribution in [2.45, 2.75) is 31.7 Å². The zero-order valence-electron chi connectivity index (χ0n) is 10.5. The van der Waals surface area contributed by atoms with E-state index in [0.717, 1.165) is 38.0 Å². The molecule has 0 amide bonds. The molecule has 0 saturated carbocycles. The number of allylic oxidation sites excluding steroid dienone is 1. The molecule has 0 aliphatic carbocycles. The highest BCUT2D eigenvalue weighted by Gasteiger charge is 2.15. The van der Waals surface area contributed by atoms with Gasteiger partial charge in [0.1, 0.15) is 5.76 Å². The molecule has 0 saturated heterocycles. The van der Waals surface area contributed by atoms with Crippen molar-refractivity contribution in [2.75, 3.05) is 13.7 Å². The van der Waals surface area contributed by atoms with E-state index in [9.17, 15) is 0 Å². The highest BCUT2D eigenvalue weighted by Crippen LogP contribution is 2.17. The van der Waals surface area contributed by atoms with Crippen LogP contribution in [0.1, 0.15) is 24.8 Å². The minimum Gasteiger partial charge on any atom is -0.497 e. The molecule has 1 N–H and O–H groups in total. The van der Waals surface area contributed by atoms with E-state index in [4.69, 9.17) is 4.74 Å². The van der Waals surface area contributed by atoms with Crippen LogP contribution in [0.4, 0.5) is 0 Å². The molecule has 2 heteroatoms. The molecule has 2 nitrogen and oxygen atoms in total. The Balaban J connectivity index is 1.89. The molecule has 1 unspecified atom stereocenters. The van der Waals surface area contributed by atoms with Crippen LogP contribution in [0.5, 0.6) is 0 Å². The lowest BCUT2D eigenvalue weighted by molar-refractivity contribution is 0.167. The van der Waals surface area contributed by atoms with Crippen molar-refractivity contribution < 1.29 is 4.74 Å². The summed E-state index contributed by atoms with van der Waals surface area (Å²) in [6.07, 6.45) is 6.71. The first-order chi connectivity index (χ1) is 8.40. The summed E-state index contributed by atoms with van der Waals surface area (Å²) in [5.74, 6) is 1.13. The van der Waals surface area contributed by atoms with Gasteiger partial charge in [-0.2, -0.15) is 0 Å². The highest BCUT2D eigenvalue weighted by molar-refractivity contribution is 5.16. The quantitative estimate of drug-likeness (QED) is 0.841. The lowest BCUT2D eigenvalue weighted by atomic mass is 10.0. The van der Waals surface area contributed by atoms with Gasteiger partial charge in [0.2, 0.25) is 0 Å². The van der Waals surface area contributed by atoms with Crippen molar-refractivity contribution in [3.8, 4) is 0 Å². The smallest absolute Gasteiger partial charge is 0.109 e. The van der Waals surface area contributed by atoms with Crippen LogP contribution >= 0.6 is 0 Å². The number of rotatable bonds is 5. The van der Waals surface area contributed by atoms with Gasteiger partial charge in [-0.25, -0.2) is 0 Å². The standard InChI is InChI=1S/C15H21NO/c1-16-14(15-9-5-6-12-17-15)11-10-13-7-3-2-4-8-13/h2-4,7-9,14,16H,5-6,10-12H2,1H3. The number of ether oxygens (including phenoxy) is 1. The van der Waals surface area contributed by atoms with E-state index >= 15 is 0 Å². The van der Waals surface area contributed by atoms with Crippen LogP contribution in [-0.4, -0.2) is 19.7 Å². The van der Waals surface area contributed by atoms with Crippen LogP contribution in [0.25, 0.3) is 0 Å². The van der Waals surface area contributed by atoms with E-state index in [1.807, 2.05) is 7.05 Å². The topological polar surface area (TPSA) is 21.3 Å². The summed E-state index contributed by atoms with van der Waals surface area (Å²) in [7, 11) is 2.01. The lowest BCUT2D eigenvalue weighted by Gasteiger charge is -2.23. The maximum absolute atomic E-state index is 5.72. The third-order valence-corrected chi connectivity index (χ3v) is 3.22. The van der Waals surface area contributed by atoms with Gasteiger partial charge in [-0.05, 0) is 44.4 Å². The Morgan fingerprint density at radius 1 is 1.29 bits per heavy atom. The number of hydrogen-bond acceptors (Lipinski definition) is 2. The maximum Gasteiger partial charge on any atom is 0.109 e. The Morgan fingerprint density at radius 2 is 2.12 bits per heavy atom. The minimum absolute atomic E-state index is 0.357. The maximum atomic E-state index is 5.72. The molecule has 17 heavy (non-hydrogen) atoms. The zero-order valence-corrected chi connectivity index (χ0v) is 10.5. The first-order valence-electron chi connectivity index (χ1n) is 6.44. The molecular formula is C15H21NO. The van der Waals surface area contributed by atoms with Crippen molar-refractivity contribution in [1.29, 1.82) is 0 Å². The van der Waals surface area contributed by atoms with Crippen LogP contribution < -0.4 is 5.32 Å². The molecule has 0 bridgehead atoms. The SMILES string of the molecule is CNC(CCc1ccccc1)C1=CCCCO1. The van der Waals surface area contributed by atoms with E-state index in [2.05, 4.69) is 41.7 Å². The van der Waals surface area contributed by atoms with Crippen molar-refractivity contribution in [3.63, 3.8) is 0 Å². The molecule has 1 aromatic rings. The van der Waals surface area contributed by atoms with Crippen molar-refractivity contribution >= 4 is 0 Å². The summed E-state index contributed by atoms with van der Waals surface area (Å²) in [4.78, 5) is 0. The second kappa shape index (κ2) is 6.45. The average molecular weight is 231 g/mol. The molecule has 0 radical (unpaired) electrons. The number of hydrogen-bond donors (Lipinski definition) is 1. The van der Waals surface area contributed by atoms with Gasteiger partial charge in [0.05, 0.1) is 12.6 Å². The van der Waals surface area contributed by atoms with Crippen molar-refractivity contribution in [3.05, 3.63) is 47.7 Å². The molecular weight excluding hydrogens is 210 g/mol. The number of benzene rings is 1. The van der Waals surface area contributed by atoms with Gasteiger partial charge in [-0.3, -0.25) is 0 Å². The average Bonchev–Trinajstić information content (AvgIpc) is 2.42. The van der Waals surface area contributed by atoms with Crippen molar-refractivity contribution in [2.24, 2.45) is 0 Å². The fourth-order valence-electron chi connectivity index (χ4n) is 2.20. The Hall–Kier alpha value is -1.28. The molecule has 0 fully saturated rings. The fraction of sp³-hybridized carbons (Fsp3) is 0.467. The van der Waals surface area contributed by atoms with Crippen molar-refractivity contribution in [1.82, 2.24) is 5.32 Å². The first-order valence-corrected chi connectivity index (χ1v) is 6.44. The molecule has 0 spiro atoms. The van der Waals surface area contributed by atoms with Crippen LogP contribution in [0.15, 0.2) is 42.2 Å². The third kappa shape index (κ3) is 3.60. The summed E-state index contributed by atoms with van der Waals surface area (Å²) in [6.45, 7) is 0.870. The van der Waals surface area contributed by atoms with Gasteiger partial charge in [-0.1, -0.05) is 30.3 Å². The second-order valence-electron chi connectivity index (χ2n) is 4.46. The highest BCUT2D eigenvalue weighted by atomic mass is 16.5.